The number of hydrogen-bond acceptors (Lipinski definition) is 3. The maximum atomic E-state index is 4.16. The summed E-state index contributed by atoms with van der Waals surface area (Å²) < 4.78 is 1.21. The van der Waals surface area contributed by atoms with E-state index in [1.807, 2.05) is 31.3 Å². The maximum Gasteiger partial charge on any atom is 0.127 e. The van der Waals surface area contributed by atoms with E-state index in [1.165, 1.54) is 3.57 Å². The van der Waals surface area contributed by atoms with Crippen molar-refractivity contribution in [2.24, 2.45) is 0 Å². The van der Waals surface area contributed by atoms with Gasteiger partial charge < -0.3 is 10.6 Å². The zero-order chi connectivity index (χ0) is 11.4. The number of nitrogens with one attached hydrogen (secondary N) is 2. The highest BCUT2D eigenvalue weighted by Gasteiger charge is 1.97. The monoisotopic (exact) mass is 325 g/mol. The Bertz CT molecular complexity index is 485. The van der Waals surface area contributed by atoms with E-state index in [1.54, 1.807) is 6.20 Å². The number of pyridine rings is 1. The van der Waals surface area contributed by atoms with Crippen molar-refractivity contribution in [3.05, 3.63) is 46.2 Å². The average Bonchev–Trinajstić information content (AvgIpc) is 2.29. The van der Waals surface area contributed by atoms with Crippen LogP contribution >= 0.6 is 22.6 Å². The molecule has 82 valence electrons. The van der Waals surface area contributed by atoms with Gasteiger partial charge in [0.2, 0.25) is 0 Å². The zero-order valence-corrected chi connectivity index (χ0v) is 11.0. The molecule has 16 heavy (non-hydrogen) atoms. The Morgan fingerprint density at radius 1 is 1.12 bits per heavy atom. The molecule has 1 aromatic carbocycles. The highest BCUT2D eigenvalue weighted by Crippen LogP contribution is 2.19. The van der Waals surface area contributed by atoms with Crippen LogP contribution in [0.5, 0.6) is 0 Å². The molecule has 0 fully saturated rings. The van der Waals surface area contributed by atoms with Gasteiger partial charge in [0.1, 0.15) is 5.82 Å². The van der Waals surface area contributed by atoms with Gasteiger partial charge in [-0.25, -0.2) is 4.98 Å². The van der Waals surface area contributed by atoms with Crippen molar-refractivity contribution in [1.29, 1.82) is 0 Å². The van der Waals surface area contributed by atoms with Gasteiger partial charge in [0.15, 0.2) is 0 Å². The summed E-state index contributed by atoms with van der Waals surface area (Å²) in [5.74, 6) is 0.857. The molecule has 2 rings (SSSR count). The molecule has 0 atom stereocenters. The number of hydrogen-bond donors (Lipinski definition) is 2. The van der Waals surface area contributed by atoms with E-state index in [0.29, 0.717) is 0 Å². The average molecular weight is 325 g/mol. The molecule has 0 spiro atoms. The number of nitrogens with zero attached hydrogens (tertiary/aromatic N) is 1. The first-order valence-corrected chi connectivity index (χ1v) is 6.02. The van der Waals surface area contributed by atoms with Crippen molar-refractivity contribution < 1.29 is 0 Å². The zero-order valence-electron chi connectivity index (χ0n) is 8.87. The lowest BCUT2D eigenvalue weighted by Crippen LogP contribution is -1.95. The molecule has 2 aromatic rings. The third kappa shape index (κ3) is 2.85. The van der Waals surface area contributed by atoms with E-state index in [0.717, 1.165) is 17.2 Å². The molecule has 0 saturated heterocycles. The molecule has 1 heterocycles. The lowest BCUT2D eigenvalue weighted by atomic mass is 10.3. The van der Waals surface area contributed by atoms with Gasteiger partial charge in [-0.05, 0) is 46.9 Å². The molecule has 0 bridgehead atoms. The van der Waals surface area contributed by atoms with Gasteiger partial charge in [-0.1, -0.05) is 6.07 Å². The van der Waals surface area contributed by atoms with Gasteiger partial charge in [0.05, 0.1) is 0 Å². The van der Waals surface area contributed by atoms with Crippen LogP contribution in [0, 0.1) is 3.57 Å². The maximum absolute atomic E-state index is 4.16. The van der Waals surface area contributed by atoms with Crippen molar-refractivity contribution in [3.63, 3.8) is 0 Å². The molecule has 3 nitrogen and oxygen atoms in total. The fraction of sp³-hybridized carbons (Fsp3) is 0.0833. The Morgan fingerprint density at radius 3 is 2.69 bits per heavy atom. The Hall–Kier alpha value is -1.30. The molecule has 0 aliphatic rings. The molecule has 2 N–H and O–H groups in total. The Kier molecular flexibility index (Phi) is 3.61. The van der Waals surface area contributed by atoms with Crippen LogP contribution < -0.4 is 10.6 Å². The predicted molar refractivity (Wildman–Crippen MR) is 76.2 cm³/mol. The first kappa shape index (κ1) is 11.2. The second kappa shape index (κ2) is 5.16. The minimum absolute atomic E-state index is 0.857. The fourth-order valence-corrected chi connectivity index (χ4v) is 1.92. The summed E-state index contributed by atoms with van der Waals surface area (Å²) >= 11 is 2.30. The molecule has 0 radical (unpaired) electrons. The van der Waals surface area contributed by atoms with E-state index in [-0.39, 0.29) is 0 Å². The van der Waals surface area contributed by atoms with Crippen molar-refractivity contribution in [2.75, 3.05) is 17.7 Å². The highest BCUT2D eigenvalue weighted by atomic mass is 127. The normalized spacial score (nSPS) is 9.88. The second-order valence-corrected chi connectivity index (χ2v) is 4.56. The summed E-state index contributed by atoms with van der Waals surface area (Å²) in [6.07, 6.45) is 1.78. The van der Waals surface area contributed by atoms with Crippen LogP contribution in [0.1, 0.15) is 0 Å². The standard InChI is InChI=1S/C12H12IN3/c1-14-12-8-11(5-6-15-12)16-10-4-2-3-9(13)7-10/h2-8H,1H3,(H2,14,15,16). The minimum atomic E-state index is 0.857. The number of halogens is 1. The highest BCUT2D eigenvalue weighted by molar-refractivity contribution is 14.1. The number of aromatic nitrogens is 1. The van der Waals surface area contributed by atoms with Crippen molar-refractivity contribution >= 4 is 39.8 Å². The van der Waals surface area contributed by atoms with Gasteiger partial charge in [0.25, 0.3) is 0 Å². The summed E-state index contributed by atoms with van der Waals surface area (Å²) in [5.41, 5.74) is 2.11. The summed E-state index contributed by atoms with van der Waals surface area (Å²) in [6.45, 7) is 0. The Balaban J connectivity index is 2.20. The molecule has 4 heteroatoms. The molecular formula is C12H12IN3. The topological polar surface area (TPSA) is 37.0 Å². The fourth-order valence-electron chi connectivity index (χ4n) is 1.38. The lowest BCUT2D eigenvalue weighted by Gasteiger charge is -2.07. The van der Waals surface area contributed by atoms with E-state index < -0.39 is 0 Å². The SMILES string of the molecule is CNc1cc(Nc2cccc(I)c2)ccn1. The second-order valence-electron chi connectivity index (χ2n) is 3.32. The summed E-state index contributed by atoms with van der Waals surface area (Å²) in [7, 11) is 1.86. The first-order chi connectivity index (χ1) is 7.78. The molecule has 0 aliphatic heterocycles. The van der Waals surface area contributed by atoms with Crippen LogP contribution in [0.15, 0.2) is 42.6 Å². The molecule has 0 aliphatic carbocycles. The molecule has 0 saturated carbocycles. The Morgan fingerprint density at radius 2 is 1.94 bits per heavy atom. The molecular weight excluding hydrogens is 313 g/mol. The van der Waals surface area contributed by atoms with Crippen LogP contribution in [0.25, 0.3) is 0 Å². The van der Waals surface area contributed by atoms with Gasteiger partial charge in [-0.15, -0.1) is 0 Å². The van der Waals surface area contributed by atoms with Gasteiger partial charge in [-0.3, -0.25) is 0 Å². The van der Waals surface area contributed by atoms with Crippen molar-refractivity contribution in [3.8, 4) is 0 Å². The van der Waals surface area contributed by atoms with E-state index in [9.17, 15) is 0 Å². The molecule has 0 unspecified atom stereocenters. The van der Waals surface area contributed by atoms with E-state index in [4.69, 9.17) is 0 Å². The summed E-state index contributed by atoms with van der Waals surface area (Å²) in [4.78, 5) is 4.16. The largest absolute Gasteiger partial charge is 0.373 e. The Labute approximate surface area is 108 Å². The lowest BCUT2D eigenvalue weighted by molar-refractivity contribution is 1.28. The van der Waals surface area contributed by atoms with Gasteiger partial charge >= 0.3 is 0 Å². The van der Waals surface area contributed by atoms with Crippen molar-refractivity contribution in [1.82, 2.24) is 4.98 Å². The number of benzene rings is 1. The minimum Gasteiger partial charge on any atom is -0.373 e. The van der Waals surface area contributed by atoms with Crippen molar-refractivity contribution in [2.45, 2.75) is 0 Å². The molecule has 0 amide bonds. The first-order valence-electron chi connectivity index (χ1n) is 4.94. The van der Waals surface area contributed by atoms with E-state index >= 15 is 0 Å². The van der Waals surface area contributed by atoms with E-state index in [2.05, 4.69) is 50.3 Å². The van der Waals surface area contributed by atoms with Crippen LogP contribution in [-0.2, 0) is 0 Å². The number of rotatable bonds is 3. The van der Waals surface area contributed by atoms with Gasteiger partial charge in [0, 0.05) is 34.3 Å². The summed E-state index contributed by atoms with van der Waals surface area (Å²) in [6, 6.07) is 12.2. The van der Waals surface area contributed by atoms with Crippen LogP contribution in [0.2, 0.25) is 0 Å². The van der Waals surface area contributed by atoms with Crippen LogP contribution in [0.4, 0.5) is 17.2 Å². The summed E-state index contributed by atoms with van der Waals surface area (Å²) in [5, 5.41) is 6.35. The predicted octanol–water partition coefficient (Wildman–Crippen LogP) is 3.47. The quantitative estimate of drug-likeness (QED) is 0.849. The van der Waals surface area contributed by atoms with Crippen LogP contribution in [0.3, 0.4) is 0 Å². The van der Waals surface area contributed by atoms with Crippen LogP contribution in [-0.4, -0.2) is 12.0 Å². The third-order valence-electron chi connectivity index (χ3n) is 2.13. The van der Waals surface area contributed by atoms with Gasteiger partial charge in [-0.2, -0.15) is 0 Å². The molecule has 1 aromatic heterocycles. The number of anilines is 3. The third-order valence-corrected chi connectivity index (χ3v) is 2.80. The smallest absolute Gasteiger partial charge is 0.127 e.